The Kier molecular flexibility index (Phi) is 4.11. The maximum Gasteiger partial charge on any atom is 0.335 e. The number of fused-ring (bicyclic) bond motifs is 1. The largest absolute Gasteiger partial charge is 0.490 e. The van der Waals surface area contributed by atoms with Crippen molar-refractivity contribution in [2.45, 2.75) is 18.9 Å². The first-order valence-electron chi connectivity index (χ1n) is 8.40. The van der Waals surface area contributed by atoms with E-state index in [2.05, 4.69) is 15.3 Å². The van der Waals surface area contributed by atoms with Crippen molar-refractivity contribution in [1.82, 2.24) is 15.3 Å². The summed E-state index contributed by atoms with van der Waals surface area (Å²) in [6.45, 7) is 2.00. The molecule has 0 saturated carbocycles. The van der Waals surface area contributed by atoms with Crippen LogP contribution in [0.2, 0.25) is 0 Å². The maximum absolute atomic E-state index is 11.1. The lowest BCUT2D eigenvalue weighted by atomic mass is 10.1. The predicted octanol–water partition coefficient (Wildman–Crippen LogP) is 3.06. The van der Waals surface area contributed by atoms with E-state index in [0.29, 0.717) is 11.3 Å². The van der Waals surface area contributed by atoms with Crippen LogP contribution in [-0.2, 0) is 0 Å². The van der Waals surface area contributed by atoms with Crippen LogP contribution >= 0.6 is 0 Å². The van der Waals surface area contributed by atoms with Crippen molar-refractivity contribution in [3.8, 4) is 17.1 Å². The lowest BCUT2D eigenvalue weighted by molar-refractivity contribution is 0.0697. The number of carboxylic acids is 1. The molecule has 0 aliphatic carbocycles. The Hall–Kier alpha value is -2.86. The van der Waals surface area contributed by atoms with E-state index >= 15 is 0 Å². The molecule has 0 amide bonds. The Bertz CT molecular complexity index is 896. The normalized spacial score (nSPS) is 15.4. The molecule has 3 aromatic rings. The van der Waals surface area contributed by atoms with Gasteiger partial charge in [0.25, 0.3) is 0 Å². The summed E-state index contributed by atoms with van der Waals surface area (Å²) in [6, 6.07) is 12.7. The molecular weight excluding hydrogens is 318 g/mol. The number of hydrogen-bond acceptors (Lipinski definition) is 4. The number of hydrogen-bond donors (Lipinski definition) is 3. The minimum absolute atomic E-state index is 0.244. The van der Waals surface area contributed by atoms with Crippen LogP contribution in [0.4, 0.5) is 0 Å². The highest BCUT2D eigenvalue weighted by molar-refractivity contribution is 5.93. The molecule has 3 N–H and O–H groups in total. The van der Waals surface area contributed by atoms with Gasteiger partial charge in [-0.2, -0.15) is 0 Å². The van der Waals surface area contributed by atoms with E-state index in [1.165, 1.54) is 0 Å². The van der Waals surface area contributed by atoms with Gasteiger partial charge in [0, 0.05) is 5.56 Å². The molecule has 1 aromatic heterocycles. The predicted molar refractivity (Wildman–Crippen MR) is 95.0 cm³/mol. The number of rotatable bonds is 4. The zero-order valence-electron chi connectivity index (χ0n) is 13.7. The van der Waals surface area contributed by atoms with Crippen LogP contribution in [0.5, 0.6) is 5.75 Å². The van der Waals surface area contributed by atoms with Crippen molar-refractivity contribution < 1.29 is 14.6 Å². The Balaban J connectivity index is 1.55. The monoisotopic (exact) mass is 337 g/mol. The zero-order chi connectivity index (χ0) is 17.2. The summed E-state index contributed by atoms with van der Waals surface area (Å²) in [7, 11) is 0. The van der Waals surface area contributed by atoms with Crippen molar-refractivity contribution in [2.75, 3.05) is 13.1 Å². The molecule has 6 heteroatoms. The molecular formula is C19H19N3O3. The fourth-order valence-corrected chi connectivity index (χ4v) is 3.08. The molecule has 0 spiro atoms. The topological polar surface area (TPSA) is 87.2 Å². The van der Waals surface area contributed by atoms with Crippen LogP contribution in [-0.4, -0.2) is 40.2 Å². The van der Waals surface area contributed by atoms with Gasteiger partial charge in [-0.1, -0.05) is 0 Å². The highest BCUT2D eigenvalue weighted by Crippen LogP contribution is 2.24. The van der Waals surface area contributed by atoms with E-state index in [1.54, 1.807) is 18.2 Å². The number of piperidine rings is 1. The molecule has 6 nitrogen and oxygen atoms in total. The van der Waals surface area contributed by atoms with Gasteiger partial charge in [0.2, 0.25) is 0 Å². The molecule has 1 aliphatic heterocycles. The van der Waals surface area contributed by atoms with Gasteiger partial charge in [-0.05, 0) is 68.4 Å². The zero-order valence-corrected chi connectivity index (χ0v) is 13.7. The Morgan fingerprint density at radius 3 is 2.60 bits per heavy atom. The third-order valence-electron chi connectivity index (χ3n) is 4.45. The van der Waals surface area contributed by atoms with Crippen LogP contribution in [0, 0.1) is 0 Å². The van der Waals surface area contributed by atoms with E-state index in [9.17, 15) is 4.79 Å². The lowest BCUT2D eigenvalue weighted by Gasteiger charge is -2.23. The summed E-state index contributed by atoms with van der Waals surface area (Å²) < 4.78 is 6.01. The summed E-state index contributed by atoms with van der Waals surface area (Å²) in [6.07, 6.45) is 2.32. The molecule has 25 heavy (non-hydrogen) atoms. The highest BCUT2D eigenvalue weighted by Gasteiger charge is 2.14. The quantitative estimate of drug-likeness (QED) is 0.681. The fraction of sp³-hybridized carbons (Fsp3) is 0.263. The molecule has 128 valence electrons. The smallest absolute Gasteiger partial charge is 0.335 e. The van der Waals surface area contributed by atoms with E-state index in [4.69, 9.17) is 9.84 Å². The average Bonchev–Trinajstić information content (AvgIpc) is 3.06. The summed E-state index contributed by atoms with van der Waals surface area (Å²) in [4.78, 5) is 18.8. The second-order valence-corrected chi connectivity index (χ2v) is 6.21. The molecule has 1 saturated heterocycles. The van der Waals surface area contributed by atoms with E-state index in [1.807, 2.05) is 24.3 Å². The molecule has 4 rings (SSSR count). The first-order valence-corrected chi connectivity index (χ1v) is 8.40. The number of aromatic nitrogens is 2. The number of ether oxygens (including phenoxy) is 1. The molecule has 2 aromatic carbocycles. The summed E-state index contributed by atoms with van der Waals surface area (Å²) in [5.41, 5.74) is 2.64. The van der Waals surface area contributed by atoms with Gasteiger partial charge in [-0.15, -0.1) is 0 Å². The molecule has 0 radical (unpaired) electrons. The van der Waals surface area contributed by atoms with Crippen molar-refractivity contribution in [1.29, 1.82) is 0 Å². The van der Waals surface area contributed by atoms with E-state index < -0.39 is 5.97 Å². The Labute approximate surface area is 144 Å². The van der Waals surface area contributed by atoms with Crippen molar-refractivity contribution >= 4 is 17.0 Å². The second kappa shape index (κ2) is 6.57. The van der Waals surface area contributed by atoms with Gasteiger partial charge in [0.15, 0.2) is 0 Å². The highest BCUT2D eigenvalue weighted by atomic mass is 16.5. The molecule has 1 fully saturated rings. The number of carbonyl (C=O) groups is 1. The van der Waals surface area contributed by atoms with Gasteiger partial charge in [0.05, 0.1) is 16.6 Å². The van der Waals surface area contributed by atoms with Crippen molar-refractivity contribution in [3.05, 3.63) is 48.0 Å². The second-order valence-electron chi connectivity index (χ2n) is 6.21. The molecule has 0 atom stereocenters. The minimum Gasteiger partial charge on any atom is -0.490 e. The van der Waals surface area contributed by atoms with Gasteiger partial charge >= 0.3 is 5.97 Å². The first kappa shape index (κ1) is 15.7. The van der Waals surface area contributed by atoms with Crippen LogP contribution in [0.25, 0.3) is 22.4 Å². The average molecular weight is 337 g/mol. The van der Waals surface area contributed by atoms with Gasteiger partial charge in [0.1, 0.15) is 17.7 Å². The third kappa shape index (κ3) is 3.34. The number of aromatic carboxylic acids is 1. The number of aromatic amines is 1. The standard InChI is InChI=1S/C19H19N3O3/c23-19(24)13-3-6-16-17(11-13)22-18(21-16)12-1-4-14(5-2-12)25-15-7-9-20-10-8-15/h1-6,11,15,20H,7-10H2,(H,21,22)(H,23,24). The first-order chi connectivity index (χ1) is 12.2. The number of imidazole rings is 1. The molecule has 1 aliphatic rings. The van der Waals surface area contributed by atoms with Gasteiger partial charge in [-0.25, -0.2) is 9.78 Å². The Morgan fingerprint density at radius 2 is 1.88 bits per heavy atom. The number of carboxylic acid groups (broad SMARTS) is 1. The molecule has 0 unspecified atom stereocenters. The summed E-state index contributed by atoms with van der Waals surface area (Å²) >= 11 is 0. The SMILES string of the molecule is O=C(O)c1ccc2nc(-c3ccc(OC4CCNCC4)cc3)[nH]c2c1. The van der Waals surface area contributed by atoms with Crippen LogP contribution in [0.3, 0.4) is 0 Å². The lowest BCUT2D eigenvalue weighted by Crippen LogP contribution is -2.34. The Morgan fingerprint density at radius 1 is 1.12 bits per heavy atom. The van der Waals surface area contributed by atoms with Gasteiger partial charge in [-0.3, -0.25) is 0 Å². The summed E-state index contributed by atoms with van der Waals surface area (Å²) in [5, 5.41) is 12.4. The van der Waals surface area contributed by atoms with Crippen molar-refractivity contribution in [3.63, 3.8) is 0 Å². The van der Waals surface area contributed by atoms with Crippen LogP contribution < -0.4 is 10.1 Å². The number of nitrogens with one attached hydrogen (secondary N) is 2. The fourth-order valence-electron chi connectivity index (χ4n) is 3.08. The van der Waals surface area contributed by atoms with E-state index in [0.717, 1.165) is 42.8 Å². The van der Waals surface area contributed by atoms with E-state index in [-0.39, 0.29) is 11.7 Å². The molecule has 0 bridgehead atoms. The van der Waals surface area contributed by atoms with Crippen LogP contribution in [0.15, 0.2) is 42.5 Å². The minimum atomic E-state index is -0.947. The van der Waals surface area contributed by atoms with Gasteiger partial charge < -0.3 is 20.1 Å². The molecule has 2 heterocycles. The van der Waals surface area contributed by atoms with Crippen LogP contribution in [0.1, 0.15) is 23.2 Å². The number of benzene rings is 2. The summed E-state index contributed by atoms with van der Waals surface area (Å²) in [5.74, 6) is 0.628. The maximum atomic E-state index is 11.1. The van der Waals surface area contributed by atoms with Crippen molar-refractivity contribution in [2.24, 2.45) is 0 Å². The number of H-pyrrole nitrogens is 1. The number of nitrogens with zero attached hydrogens (tertiary/aromatic N) is 1. The third-order valence-corrected chi connectivity index (χ3v) is 4.45.